The van der Waals surface area contributed by atoms with Gasteiger partial charge in [0, 0.05) is 36.6 Å². The number of morpholine rings is 1. The molecule has 1 saturated heterocycles. The maximum Gasteiger partial charge on any atom is 0.238 e. The number of thiocarbonyl (C=S) groups is 1. The van der Waals surface area contributed by atoms with Crippen LogP contribution in [-0.2, 0) is 14.3 Å². The third-order valence-corrected chi connectivity index (χ3v) is 3.77. The average Bonchev–Trinajstić information content (AvgIpc) is 2.58. The summed E-state index contributed by atoms with van der Waals surface area (Å²) in [5, 5.41) is 3.69. The van der Waals surface area contributed by atoms with E-state index in [9.17, 15) is 9.59 Å². The molecule has 0 aromatic heterocycles. The number of ether oxygens (including phenoxy) is 1. The highest BCUT2D eigenvalue weighted by atomic mass is 35.5. The molecule has 0 aliphatic carbocycles. The molecule has 0 unspecified atom stereocenters. The Kier molecular flexibility index (Phi) is 7.23. The number of hydrogen-bond donors (Lipinski definition) is 3. The molecule has 1 aliphatic heterocycles. The average molecular weight is 371 g/mol. The van der Waals surface area contributed by atoms with Gasteiger partial charge < -0.3 is 15.0 Å². The normalized spacial score (nSPS) is 14.0. The van der Waals surface area contributed by atoms with Crippen molar-refractivity contribution in [3.63, 3.8) is 0 Å². The molecule has 0 bridgehead atoms. The highest BCUT2D eigenvalue weighted by Crippen LogP contribution is 2.14. The Morgan fingerprint density at radius 1 is 1.21 bits per heavy atom. The Morgan fingerprint density at radius 2 is 1.96 bits per heavy atom. The van der Waals surface area contributed by atoms with Gasteiger partial charge in [-0.05, 0) is 30.4 Å². The molecule has 1 heterocycles. The van der Waals surface area contributed by atoms with Crippen LogP contribution in [0.25, 0.3) is 0 Å². The van der Waals surface area contributed by atoms with E-state index < -0.39 is 0 Å². The molecule has 0 saturated carbocycles. The fraction of sp³-hybridized carbons (Fsp3) is 0.400. The van der Waals surface area contributed by atoms with Crippen molar-refractivity contribution >= 4 is 46.4 Å². The maximum atomic E-state index is 11.9. The molecule has 7 nitrogen and oxygen atoms in total. The lowest BCUT2D eigenvalue weighted by atomic mass is 10.2. The monoisotopic (exact) mass is 370 g/mol. The summed E-state index contributed by atoms with van der Waals surface area (Å²) in [5.74, 6) is -0.361. The molecule has 1 aromatic carbocycles. The van der Waals surface area contributed by atoms with Gasteiger partial charge >= 0.3 is 0 Å². The third-order valence-electron chi connectivity index (χ3n) is 3.33. The van der Waals surface area contributed by atoms with Crippen molar-refractivity contribution in [2.45, 2.75) is 12.8 Å². The molecule has 9 heteroatoms. The van der Waals surface area contributed by atoms with Crippen molar-refractivity contribution in [1.29, 1.82) is 0 Å². The van der Waals surface area contributed by atoms with E-state index in [2.05, 4.69) is 16.2 Å². The van der Waals surface area contributed by atoms with Crippen molar-refractivity contribution in [1.82, 2.24) is 15.8 Å². The number of rotatable bonds is 4. The summed E-state index contributed by atoms with van der Waals surface area (Å²) in [6.45, 7) is 2.24. The fourth-order valence-corrected chi connectivity index (χ4v) is 2.47. The van der Waals surface area contributed by atoms with Gasteiger partial charge in [-0.1, -0.05) is 17.7 Å². The van der Waals surface area contributed by atoms with E-state index in [0.717, 1.165) is 0 Å². The summed E-state index contributed by atoms with van der Waals surface area (Å²) in [7, 11) is 0. The number of halogens is 1. The summed E-state index contributed by atoms with van der Waals surface area (Å²) in [4.78, 5) is 25.4. The molecule has 2 rings (SSSR count). The van der Waals surface area contributed by atoms with Crippen LogP contribution in [0.5, 0.6) is 0 Å². The fourth-order valence-electron chi connectivity index (χ4n) is 2.11. The molecule has 1 aromatic rings. The molecule has 0 atom stereocenters. The number of benzene rings is 1. The summed E-state index contributed by atoms with van der Waals surface area (Å²) in [5.41, 5.74) is 5.75. The van der Waals surface area contributed by atoms with Gasteiger partial charge in [-0.25, -0.2) is 0 Å². The molecule has 130 valence electrons. The second kappa shape index (κ2) is 9.41. The first-order valence-corrected chi connectivity index (χ1v) is 8.30. The second-order valence-electron chi connectivity index (χ2n) is 5.13. The molecule has 0 radical (unpaired) electrons. The zero-order chi connectivity index (χ0) is 17.4. The van der Waals surface area contributed by atoms with Crippen LogP contribution in [0.4, 0.5) is 5.69 Å². The third kappa shape index (κ3) is 6.31. The minimum atomic E-state index is -0.313. The second-order valence-corrected chi connectivity index (χ2v) is 5.98. The van der Waals surface area contributed by atoms with Crippen LogP contribution in [0.2, 0.25) is 5.02 Å². The lowest BCUT2D eigenvalue weighted by Crippen LogP contribution is -2.44. The van der Waals surface area contributed by atoms with Gasteiger partial charge in [0.05, 0.1) is 13.2 Å². The minimum Gasteiger partial charge on any atom is -0.378 e. The van der Waals surface area contributed by atoms with Crippen molar-refractivity contribution in [3.8, 4) is 0 Å². The van der Waals surface area contributed by atoms with Gasteiger partial charge in [0.25, 0.3) is 0 Å². The number of amides is 2. The van der Waals surface area contributed by atoms with Crippen molar-refractivity contribution in [3.05, 3.63) is 29.3 Å². The van der Waals surface area contributed by atoms with E-state index in [1.807, 2.05) is 0 Å². The van der Waals surface area contributed by atoms with Crippen molar-refractivity contribution in [2.24, 2.45) is 0 Å². The zero-order valence-electron chi connectivity index (χ0n) is 13.0. The Bertz CT molecular complexity index is 608. The summed E-state index contributed by atoms with van der Waals surface area (Å²) < 4.78 is 5.18. The van der Waals surface area contributed by atoms with Gasteiger partial charge in [-0.3, -0.25) is 20.4 Å². The number of anilines is 1. The number of hydrazine groups is 1. The van der Waals surface area contributed by atoms with Crippen LogP contribution in [0.3, 0.4) is 0 Å². The molecular formula is C15H19ClN4O3S. The molecular weight excluding hydrogens is 352 g/mol. The molecule has 1 fully saturated rings. The number of nitrogens with zero attached hydrogens (tertiary/aromatic N) is 1. The summed E-state index contributed by atoms with van der Waals surface area (Å²) >= 11 is 10.9. The van der Waals surface area contributed by atoms with Crippen molar-refractivity contribution < 1.29 is 14.3 Å². The quantitative estimate of drug-likeness (QED) is 0.547. The SMILES string of the molecule is O=C(CCC(=O)N1CCOCC1)NNC(=S)Nc1cccc(Cl)c1. The largest absolute Gasteiger partial charge is 0.378 e. The molecule has 1 aliphatic rings. The highest BCUT2D eigenvalue weighted by molar-refractivity contribution is 7.80. The molecule has 3 N–H and O–H groups in total. The van der Waals surface area contributed by atoms with Crippen LogP contribution in [0, 0.1) is 0 Å². The number of nitrogens with one attached hydrogen (secondary N) is 3. The highest BCUT2D eigenvalue weighted by Gasteiger charge is 2.17. The van der Waals surface area contributed by atoms with Crippen LogP contribution >= 0.6 is 23.8 Å². The van der Waals surface area contributed by atoms with Crippen LogP contribution in [0.1, 0.15) is 12.8 Å². The predicted molar refractivity (Wildman–Crippen MR) is 95.6 cm³/mol. The van der Waals surface area contributed by atoms with Crippen LogP contribution in [-0.4, -0.2) is 48.1 Å². The number of carbonyl (C=O) groups excluding carboxylic acids is 2. The van der Waals surface area contributed by atoms with Gasteiger partial charge in [-0.2, -0.15) is 0 Å². The lowest BCUT2D eigenvalue weighted by molar-refractivity contribution is -0.137. The van der Waals surface area contributed by atoms with E-state index in [0.29, 0.717) is 37.0 Å². The first kappa shape index (κ1) is 18.4. The van der Waals surface area contributed by atoms with E-state index in [1.54, 1.807) is 29.2 Å². The number of hydrogen-bond acceptors (Lipinski definition) is 4. The Morgan fingerprint density at radius 3 is 2.67 bits per heavy atom. The van der Waals surface area contributed by atoms with E-state index >= 15 is 0 Å². The molecule has 24 heavy (non-hydrogen) atoms. The van der Waals surface area contributed by atoms with E-state index in [4.69, 9.17) is 28.6 Å². The lowest BCUT2D eigenvalue weighted by Gasteiger charge is -2.26. The summed E-state index contributed by atoms with van der Waals surface area (Å²) in [6, 6.07) is 7.03. The number of carbonyl (C=O) groups is 2. The standard InChI is InChI=1S/C15H19ClN4O3S/c16-11-2-1-3-12(10-11)17-15(24)19-18-13(21)4-5-14(22)20-6-8-23-9-7-20/h1-3,10H,4-9H2,(H,18,21)(H2,17,19,24). The van der Waals surface area contributed by atoms with Crippen LogP contribution < -0.4 is 16.2 Å². The van der Waals surface area contributed by atoms with Gasteiger partial charge in [0.2, 0.25) is 11.8 Å². The van der Waals surface area contributed by atoms with Gasteiger partial charge in [0.15, 0.2) is 5.11 Å². The van der Waals surface area contributed by atoms with Gasteiger partial charge in [0.1, 0.15) is 0 Å². The minimum absolute atomic E-state index is 0.0481. The Balaban J connectivity index is 1.65. The van der Waals surface area contributed by atoms with Crippen molar-refractivity contribution in [2.75, 3.05) is 31.6 Å². The smallest absolute Gasteiger partial charge is 0.238 e. The summed E-state index contributed by atoms with van der Waals surface area (Å²) in [6.07, 6.45) is 0.241. The molecule has 0 spiro atoms. The van der Waals surface area contributed by atoms with Crippen LogP contribution in [0.15, 0.2) is 24.3 Å². The maximum absolute atomic E-state index is 11.9. The van der Waals surface area contributed by atoms with E-state index in [-0.39, 0.29) is 29.8 Å². The first-order valence-electron chi connectivity index (χ1n) is 7.51. The Hall–Kier alpha value is -1.90. The zero-order valence-corrected chi connectivity index (χ0v) is 14.6. The predicted octanol–water partition coefficient (Wildman–Crippen LogP) is 1.30. The van der Waals surface area contributed by atoms with Gasteiger partial charge in [-0.15, -0.1) is 0 Å². The molecule has 2 amide bonds. The topological polar surface area (TPSA) is 82.7 Å². The Labute approximate surface area is 150 Å². The van der Waals surface area contributed by atoms with E-state index in [1.165, 1.54) is 0 Å². The first-order chi connectivity index (χ1) is 11.5.